The van der Waals surface area contributed by atoms with Crippen molar-refractivity contribution in [2.45, 2.75) is 38.8 Å². The summed E-state index contributed by atoms with van der Waals surface area (Å²) in [7, 11) is 0. The fourth-order valence-electron chi connectivity index (χ4n) is 2.43. The van der Waals surface area contributed by atoms with E-state index in [1.165, 1.54) is 0 Å². The van der Waals surface area contributed by atoms with Crippen LogP contribution in [0.25, 0.3) is 0 Å². The first-order chi connectivity index (χ1) is 8.81. The van der Waals surface area contributed by atoms with Crippen LogP contribution in [-0.4, -0.2) is 46.4 Å². The minimum atomic E-state index is -0.0716. The molecule has 1 aromatic heterocycles. The maximum Gasteiger partial charge on any atom is 0.323 e. The Hall–Kier alpha value is -1.36. The third kappa shape index (κ3) is 3.32. The highest BCUT2D eigenvalue weighted by atomic mass is 16.5. The number of hydrogen-bond donors (Lipinski definition) is 0. The Labute approximate surface area is 108 Å². The molecule has 1 atom stereocenters. The van der Waals surface area contributed by atoms with Crippen LogP contribution in [0.5, 0.6) is 0 Å². The van der Waals surface area contributed by atoms with Crippen LogP contribution in [0.15, 0.2) is 18.5 Å². The predicted molar refractivity (Wildman–Crippen MR) is 68.1 cm³/mol. The van der Waals surface area contributed by atoms with E-state index < -0.39 is 0 Å². The third-order valence-corrected chi connectivity index (χ3v) is 3.35. The van der Waals surface area contributed by atoms with Gasteiger partial charge in [-0.15, -0.1) is 0 Å². The predicted octanol–water partition coefficient (Wildman–Crippen LogP) is 1.30. The number of likely N-dealkylation sites (tertiary alicyclic amines) is 1. The monoisotopic (exact) mass is 251 g/mol. The van der Waals surface area contributed by atoms with Gasteiger partial charge in [-0.1, -0.05) is 6.42 Å². The molecule has 5 heteroatoms. The lowest BCUT2D eigenvalue weighted by Crippen LogP contribution is -2.46. The van der Waals surface area contributed by atoms with Crippen LogP contribution in [0.4, 0.5) is 0 Å². The molecular weight excluding hydrogens is 230 g/mol. The molecule has 2 heterocycles. The zero-order valence-corrected chi connectivity index (χ0v) is 10.9. The van der Waals surface area contributed by atoms with E-state index >= 15 is 0 Å². The van der Waals surface area contributed by atoms with Gasteiger partial charge in [0.25, 0.3) is 0 Å². The lowest BCUT2D eigenvalue weighted by molar-refractivity contribution is -0.151. The van der Waals surface area contributed by atoms with Crippen LogP contribution in [-0.2, 0) is 16.1 Å². The zero-order chi connectivity index (χ0) is 12.8. The average Bonchev–Trinajstić information content (AvgIpc) is 2.90. The summed E-state index contributed by atoms with van der Waals surface area (Å²) in [4.78, 5) is 14.1. The number of piperidine rings is 1. The van der Waals surface area contributed by atoms with Gasteiger partial charge in [0.2, 0.25) is 0 Å². The molecule has 1 aliphatic rings. The minimum Gasteiger partial charge on any atom is -0.465 e. The van der Waals surface area contributed by atoms with Crippen molar-refractivity contribution in [3.8, 4) is 0 Å². The molecule has 0 saturated carbocycles. The van der Waals surface area contributed by atoms with Crippen molar-refractivity contribution < 1.29 is 9.53 Å². The molecule has 0 amide bonds. The molecule has 0 radical (unpaired) electrons. The Kier molecular flexibility index (Phi) is 4.75. The van der Waals surface area contributed by atoms with Crippen molar-refractivity contribution in [3.63, 3.8) is 0 Å². The Balaban J connectivity index is 1.89. The van der Waals surface area contributed by atoms with E-state index in [1.54, 1.807) is 6.20 Å². The van der Waals surface area contributed by atoms with Crippen LogP contribution in [0, 0.1) is 0 Å². The first-order valence-electron chi connectivity index (χ1n) is 6.69. The number of rotatable bonds is 5. The number of esters is 1. The number of ether oxygens (including phenoxy) is 1. The van der Waals surface area contributed by atoms with E-state index in [9.17, 15) is 4.79 Å². The Morgan fingerprint density at radius 3 is 3.06 bits per heavy atom. The quantitative estimate of drug-likeness (QED) is 0.740. The summed E-state index contributed by atoms with van der Waals surface area (Å²) in [6, 6.07) is 1.85. The summed E-state index contributed by atoms with van der Waals surface area (Å²) in [5, 5.41) is 4.18. The first kappa shape index (κ1) is 13.1. The fourth-order valence-corrected chi connectivity index (χ4v) is 2.43. The van der Waals surface area contributed by atoms with Crippen LogP contribution in [0.3, 0.4) is 0 Å². The fraction of sp³-hybridized carbons (Fsp3) is 0.692. The highest BCUT2D eigenvalue weighted by molar-refractivity contribution is 5.75. The van der Waals surface area contributed by atoms with Crippen molar-refractivity contribution in [2.24, 2.45) is 0 Å². The number of nitrogens with zero attached hydrogens (tertiary/aromatic N) is 3. The second kappa shape index (κ2) is 6.54. The summed E-state index contributed by atoms with van der Waals surface area (Å²) in [6.45, 7) is 4.97. The van der Waals surface area contributed by atoms with Crippen molar-refractivity contribution >= 4 is 5.97 Å². The zero-order valence-electron chi connectivity index (χ0n) is 10.9. The smallest absolute Gasteiger partial charge is 0.323 e. The number of carbonyl (C=O) groups is 1. The summed E-state index contributed by atoms with van der Waals surface area (Å²) in [6.07, 6.45) is 6.91. The van der Waals surface area contributed by atoms with Gasteiger partial charge in [0.1, 0.15) is 6.04 Å². The van der Waals surface area contributed by atoms with Gasteiger partial charge in [-0.3, -0.25) is 14.4 Å². The van der Waals surface area contributed by atoms with Gasteiger partial charge in [0.05, 0.1) is 13.2 Å². The van der Waals surface area contributed by atoms with Crippen LogP contribution in [0.2, 0.25) is 0 Å². The van der Waals surface area contributed by atoms with E-state index in [0.29, 0.717) is 6.61 Å². The average molecular weight is 251 g/mol. The molecule has 1 saturated heterocycles. The van der Waals surface area contributed by atoms with E-state index in [2.05, 4.69) is 10.00 Å². The van der Waals surface area contributed by atoms with Gasteiger partial charge in [-0.2, -0.15) is 5.10 Å². The molecule has 1 fully saturated rings. The van der Waals surface area contributed by atoms with Crippen molar-refractivity contribution in [1.82, 2.24) is 14.7 Å². The number of carbonyl (C=O) groups excluding carboxylic acids is 1. The van der Waals surface area contributed by atoms with Crippen molar-refractivity contribution in [3.05, 3.63) is 18.5 Å². The molecule has 18 heavy (non-hydrogen) atoms. The summed E-state index contributed by atoms with van der Waals surface area (Å²) in [5.41, 5.74) is 0. The van der Waals surface area contributed by atoms with Gasteiger partial charge < -0.3 is 4.74 Å². The Morgan fingerprint density at radius 1 is 1.44 bits per heavy atom. The van der Waals surface area contributed by atoms with Crippen LogP contribution in [0.1, 0.15) is 26.2 Å². The molecule has 100 valence electrons. The van der Waals surface area contributed by atoms with E-state index in [-0.39, 0.29) is 12.0 Å². The topological polar surface area (TPSA) is 47.4 Å². The SMILES string of the molecule is CCOC(=O)C1CCCCN1CCn1cccn1. The normalized spacial score (nSPS) is 20.8. The summed E-state index contributed by atoms with van der Waals surface area (Å²) >= 11 is 0. The van der Waals surface area contributed by atoms with E-state index in [0.717, 1.165) is 38.9 Å². The molecule has 0 aliphatic carbocycles. The molecule has 1 aromatic rings. The van der Waals surface area contributed by atoms with Gasteiger partial charge in [0, 0.05) is 18.9 Å². The maximum absolute atomic E-state index is 11.9. The van der Waals surface area contributed by atoms with Gasteiger partial charge >= 0.3 is 5.97 Å². The molecule has 2 rings (SSSR count). The highest BCUT2D eigenvalue weighted by Crippen LogP contribution is 2.18. The van der Waals surface area contributed by atoms with Crippen LogP contribution >= 0.6 is 0 Å². The molecule has 0 N–H and O–H groups in total. The van der Waals surface area contributed by atoms with Crippen molar-refractivity contribution in [1.29, 1.82) is 0 Å². The lowest BCUT2D eigenvalue weighted by Gasteiger charge is -2.33. The summed E-state index contributed by atoms with van der Waals surface area (Å²) < 4.78 is 7.05. The molecule has 1 aliphatic heterocycles. The largest absolute Gasteiger partial charge is 0.465 e. The number of hydrogen-bond acceptors (Lipinski definition) is 4. The second-order valence-corrected chi connectivity index (χ2v) is 4.57. The van der Waals surface area contributed by atoms with Gasteiger partial charge in [0.15, 0.2) is 0 Å². The van der Waals surface area contributed by atoms with Crippen LogP contribution < -0.4 is 0 Å². The molecule has 1 unspecified atom stereocenters. The van der Waals surface area contributed by atoms with E-state index in [1.807, 2.05) is 23.9 Å². The second-order valence-electron chi connectivity index (χ2n) is 4.57. The highest BCUT2D eigenvalue weighted by Gasteiger charge is 2.29. The first-order valence-corrected chi connectivity index (χ1v) is 6.69. The molecule has 5 nitrogen and oxygen atoms in total. The van der Waals surface area contributed by atoms with E-state index in [4.69, 9.17) is 4.74 Å². The molecule has 0 bridgehead atoms. The van der Waals surface area contributed by atoms with Gasteiger partial charge in [-0.25, -0.2) is 0 Å². The minimum absolute atomic E-state index is 0.0609. The molecule has 0 spiro atoms. The molecular formula is C13H21N3O2. The third-order valence-electron chi connectivity index (χ3n) is 3.35. The maximum atomic E-state index is 11.9. The van der Waals surface area contributed by atoms with Gasteiger partial charge in [-0.05, 0) is 32.4 Å². The standard InChI is InChI=1S/C13H21N3O2/c1-2-18-13(17)12-6-3-4-8-15(12)10-11-16-9-5-7-14-16/h5,7,9,12H,2-4,6,8,10-11H2,1H3. The summed E-state index contributed by atoms with van der Waals surface area (Å²) in [5.74, 6) is -0.0716. The number of aromatic nitrogens is 2. The molecule has 0 aromatic carbocycles. The lowest BCUT2D eigenvalue weighted by atomic mass is 10.0. The Morgan fingerprint density at radius 2 is 2.33 bits per heavy atom. The van der Waals surface area contributed by atoms with Crippen molar-refractivity contribution in [2.75, 3.05) is 19.7 Å². The Bertz CT molecular complexity index is 364.